The second kappa shape index (κ2) is 6.92. The third-order valence-corrected chi connectivity index (χ3v) is 4.46. The molecule has 1 unspecified atom stereocenters. The van der Waals surface area contributed by atoms with Crippen molar-refractivity contribution in [1.82, 2.24) is 5.32 Å². The van der Waals surface area contributed by atoms with Gasteiger partial charge in [0.25, 0.3) is 0 Å². The second-order valence-electron chi connectivity index (χ2n) is 4.00. The van der Waals surface area contributed by atoms with Crippen LogP contribution in [0.25, 0.3) is 0 Å². The third kappa shape index (κ3) is 4.12. The van der Waals surface area contributed by atoms with E-state index in [2.05, 4.69) is 39.6 Å². The Kier molecular flexibility index (Phi) is 5.23. The first kappa shape index (κ1) is 13.6. The standard InChI is InChI=1S/C14H16BrNOS/c1-11(14-9-12(15)10-18-14)16-7-8-17-13-5-3-2-4-6-13/h2-6,9-11,16H,7-8H2,1H3. The number of hydrogen-bond acceptors (Lipinski definition) is 3. The van der Waals surface area contributed by atoms with Crippen LogP contribution in [0.15, 0.2) is 46.3 Å². The second-order valence-corrected chi connectivity index (χ2v) is 5.86. The maximum Gasteiger partial charge on any atom is 0.119 e. The van der Waals surface area contributed by atoms with Crippen molar-refractivity contribution >= 4 is 27.3 Å². The lowest BCUT2D eigenvalue weighted by atomic mass is 10.3. The number of nitrogens with one attached hydrogen (secondary N) is 1. The molecule has 0 spiro atoms. The predicted octanol–water partition coefficient (Wildman–Crippen LogP) is 4.24. The minimum absolute atomic E-state index is 0.362. The van der Waals surface area contributed by atoms with E-state index in [0.717, 1.165) is 16.8 Å². The van der Waals surface area contributed by atoms with Crippen LogP contribution in [0.2, 0.25) is 0 Å². The molecule has 0 fully saturated rings. The topological polar surface area (TPSA) is 21.3 Å². The summed E-state index contributed by atoms with van der Waals surface area (Å²) in [6, 6.07) is 12.4. The fraction of sp³-hybridized carbons (Fsp3) is 0.286. The van der Waals surface area contributed by atoms with Gasteiger partial charge in [-0.15, -0.1) is 11.3 Å². The van der Waals surface area contributed by atoms with Crippen LogP contribution in [-0.4, -0.2) is 13.2 Å². The van der Waals surface area contributed by atoms with E-state index in [0.29, 0.717) is 12.6 Å². The molecule has 0 bridgehead atoms. The molecule has 0 radical (unpaired) electrons. The average molecular weight is 326 g/mol. The van der Waals surface area contributed by atoms with E-state index in [4.69, 9.17) is 4.74 Å². The maximum atomic E-state index is 5.63. The van der Waals surface area contributed by atoms with Gasteiger partial charge in [0.05, 0.1) is 0 Å². The molecule has 1 aromatic carbocycles. The summed E-state index contributed by atoms with van der Waals surface area (Å²) in [5.41, 5.74) is 0. The lowest BCUT2D eigenvalue weighted by Crippen LogP contribution is -2.23. The van der Waals surface area contributed by atoms with Crippen LogP contribution in [0.3, 0.4) is 0 Å². The molecular formula is C14H16BrNOS. The van der Waals surface area contributed by atoms with Crippen LogP contribution in [0.5, 0.6) is 5.75 Å². The molecule has 1 atom stereocenters. The van der Waals surface area contributed by atoms with Crippen LogP contribution in [0.1, 0.15) is 17.8 Å². The van der Waals surface area contributed by atoms with Crippen molar-refractivity contribution in [2.75, 3.05) is 13.2 Å². The lowest BCUT2D eigenvalue weighted by molar-refractivity contribution is 0.308. The minimum Gasteiger partial charge on any atom is -0.492 e. The number of ether oxygens (including phenoxy) is 1. The van der Waals surface area contributed by atoms with E-state index in [1.54, 1.807) is 11.3 Å². The molecule has 4 heteroatoms. The molecule has 1 aromatic heterocycles. The molecule has 0 aliphatic carbocycles. The Morgan fingerprint density at radius 3 is 2.78 bits per heavy atom. The van der Waals surface area contributed by atoms with Gasteiger partial charge in [-0.25, -0.2) is 0 Å². The highest BCUT2D eigenvalue weighted by Crippen LogP contribution is 2.25. The van der Waals surface area contributed by atoms with E-state index in [-0.39, 0.29) is 0 Å². The predicted molar refractivity (Wildman–Crippen MR) is 80.4 cm³/mol. The van der Waals surface area contributed by atoms with E-state index < -0.39 is 0 Å². The van der Waals surface area contributed by atoms with E-state index >= 15 is 0 Å². The first-order valence-electron chi connectivity index (χ1n) is 5.91. The van der Waals surface area contributed by atoms with Crippen molar-refractivity contribution in [3.05, 3.63) is 51.1 Å². The van der Waals surface area contributed by atoms with E-state index in [1.165, 1.54) is 4.88 Å². The quantitative estimate of drug-likeness (QED) is 0.802. The number of para-hydroxylation sites is 1. The normalized spacial score (nSPS) is 12.3. The maximum absolute atomic E-state index is 5.63. The monoisotopic (exact) mass is 325 g/mol. The summed E-state index contributed by atoms with van der Waals surface area (Å²) < 4.78 is 6.78. The Morgan fingerprint density at radius 1 is 1.33 bits per heavy atom. The molecule has 2 aromatic rings. The van der Waals surface area contributed by atoms with E-state index in [9.17, 15) is 0 Å². The zero-order chi connectivity index (χ0) is 12.8. The fourth-order valence-corrected chi connectivity index (χ4v) is 3.09. The third-order valence-electron chi connectivity index (χ3n) is 2.58. The summed E-state index contributed by atoms with van der Waals surface area (Å²) >= 11 is 5.23. The Morgan fingerprint density at radius 2 is 2.11 bits per heavy atom. The molecule has 0 saturated heterocycles. The molecule has 0 aliphatic rings. The van der Waals surface area contributed by atoms with Gasteiger partial charge in [0.1, 0.15) is 12.4 Å². The van der Waals surface area contributed by atoms with E-state index in [1.807, 2.05) is 30.3 Å². The zero-order valence-electron chi connectivity index (χ0n) is 10.2. The van der Waals surface area contributed by atoms with Crippen LogP contribution >= 0.6 is 27.3 Å². The Labute approximate surface area is 120 Å². The van der Waals surface area contributed by atoms with Crippen LogP contribution < -0.4 is 10.1 Å². The Balaban J connectivity index is 1.69. The number of thiophene rings is 1. The first-order valence-corrected chi connectivity index (χ1v) is 7.58. The van der Waals surface area contributed by atoms with Crippen molar-refractivity contribution in [3.8, 4) is 5.75 Å². The molecular weight excluding hydrogens is 310 g/mol. The number of rotatable bonds is 6. The number of halogens is 1. The molecule has 0 amide bonds. The molecule has 0 aliphatic heterocycles. The highest BCUT2D eigenvalue weighted by molar-refractivity contribution is 9.10. The molecule has 2 rings (SSSR count). The van der Waals surface area contributed by atoms with Gasteiger partial charge >= 0.3 is 0 Å². The van der Waals surface area contributed by atoms with Crippen LogP contribution in [0.4, 0.5) is 0 Å². The number of benzene rings is 1. The molecule has 2 nitrogen and oxygen atoms in total. The molecule has 1 N–H and O–H groups in total. The summed E-state index contributed by atoms with van der Waals surface area (Å²) in [7, 11) is 0. The van der Waals surface area contributed by atoms with Crippen LogP contribution in [0, 0.1) is 0 Å². The summed E-state index contributed by atoms with van der Waals surface area (Å²) in [6.07, 6.45) is 0. The molecule has 0 saturated carbocycles. The molecule has 96 valence electrons. The lowest BCUT2D eigenvalue weighted by Gasteiger charge is -2.12. The van der Waals surface area contributed by atoms with Gasteiger partial charge < -0.3 is 10.1 Å². The fourth-order valence-electron chi connectivity index (χ4n) is 1.62. The van der Waals surface area contributed by atoms with Gasteiger partial charge in [-0.05, 0) is 41.1 Å². The van der Waals surface area contributed by atoms with Crippen molar-refractivity contribution in [3.63, 3.8) is 0 Å². The molecule has 1 heterocycles. The van der Waals surface area contributed by atoms with Gasteiger partial charge in [0, 0.05) is 27.3 Å². The summed E-state index contributed by atoms with van der Waals surface area (Å²) in [5, 5.41) is 5.55. The average Bonchev–Trinajstić information content (AvgIpc) is 2.82. The van der Waals surface area contributed by atoms with Crippen LogP contribution in [-0.2, 0) is 0 Å². The Bertz CT molecular complexity index is 472. The number of hydrogen-bond donors (Lipinski definition) is 1. The van der Waals surface area contributed by atoms with Gasteiger partial charge in [0.15, 0.2) is 0 Å². The highest BCUT2D eigenvalue weighted by Gasteiger charge is 2.06. The van der Waals surface area contributed by atoms with Gasteiger partial charge in [0.2, 0.25) is 0 Å². The van der Waals surface area contributed by atoms with Gasteiger partial charge in [-0.3, -0.25) is 0 Å². The van der Waals surface area contributed by atoms with Gasteiger partial charge in [-0.2, -0.15) is 0 Å². The largest absolute Gasteiger partial charge is 0.492 e. The minimum atomic E-state index is 0.362. The SMILES string of the molecule is CC(NCCOc1ccccc1)c1cc(Br)cs1. The zero-order valence-corrected chi connectivity index (χ0v) is 12.6. The van der Waals surface area contributed by atoms with Crippen molar-refractivity contribution in [1.29, 1.82) is 0 Å². The highest BCUT2D eigenvalue weighted by atomic mass is 79.9. The first-order chi connectivity index (χ1) is 8.75. The summed E-state index contributed by atoms with van der Waals surface area (Å²) in [5.74, 6) is 0.922. The van der Waals surface area contributed by atoms with Gasteiger partial charge in [-0.1, -0.05) is 18.2 Å². The Hall–Kier alpha value is -0.840. The van der Waals surface area contributed by atoms with Crippen molar-refractivity contribution in [2.45, 2.75) is 13.0 Å². The summed E-state index contributed by atoms with van der Waals surface area (Å²) in [6.45, 7) is 3.69. The smallest absolute Gasteiger partial charge is 0.119 e. The molecule has 18 heavy (non-hydrogen) atoms. The van der Waals surface area contributed by atoms with Crippen molar-refractivity contribution in [2.24, 2.45) is 0 Å². The summed E-state index contributed by atoms with van der Waals surface area (Å²) in [4.78, 5) is 1.33. The van der Waals surface area contributed by atoms with Crippen molar-refractivity contribution < 1.29 is 4.74 Å².